The molecule has 0 atom stereocenters. The molecule has 0 bridgehead atoms. The van der Waals surface area contributed by atoms with E-state index < -0.39 is 0 Å². The molecule has 0 aromatic carbocycles. The summed E-state index contributed by atoms with van der Waals surface area (Å²) < 4.78 is 2.54. The number of carbonyl (C=O) groups excluding carboxylic acids is 1. The molecule has 0 unspecified atom stereocenters. The van der Waals surface area contributed by atoms with Crippen LogP contribution in [0.3, 0.4) is 0 Å². The molecule has 0 radical (unpaired) electrons. The summed E-state index contributed by atoms with van der Waals surface area (Å²) in [5.74, 6) is 1.25. The zero-order valence-electron chi connectivity index (χ0n) is 12.6. The number of amides is 1. The van der Waals surface area contributed by atoms with Crippen molar-refractivity contribution in [2.45, 2.75) is 30.0 Å². The normalized spacial score (nSPS) is 13.9. The molecule has 0 saturated heterocycles. The van der Waals surface area contributed by atoms with Gasteiger partial charge in [-0.05, 0) is 25.7 Å². The molecule has 1 amide bonds. The van der Waals surface area contributed by atoms with E-state index in [2.05, 4.69) is 15.3 Å². The number of nitrogens with zero attached hydrogens (tertiary/aromatic N) is 5. The molecule has 22 heavy (non-hydrogen) atoms. The maximum Gasteiger partial charge on any atom is 0.238 e. The van der Waals surface area contributed by atoms with E-state index in [4.69, 9.17) is 5.73 Å². The summed E-state index contributed by atoms with van der Waals surface area (Å²) in [5, 5.41) is 12.6. The van der Waals surface area contributed by atoms with Gasteiger partial charge in [0.05, 0.1) is 11.4 Å². The van der Waals surface area contributed by atoms with Gasteiger partial charge in [0, 0.05) is 19.7 Å². The topological polar surface area (TPSA) is 89.9 Å². The van der Waals surface area contributed by atoms with E-state index in [0.717, 1.165) is 30.8 Å². The van der Waals surface area contributed by atoms with Crippen LogP contribution in [0.1, 0.15) is 24.1 Å². The van der Waals surface area contributed by atoms with E-state index in [9.17, 15) is 4.79 Å². The van der Waals surface area contributed by atoms with Crippen LogP contribution in [-0.2, 0) is 24.7 Å². The lowest BCUT2D eigenvalue weighted by Gasteiger charge is -2.20. The Labute approximate surface area is 136 Å². The fourth-order valence-electron chi connectivity index (χ4n) is 2.70. The second-order valence-electron chi connectivity index (χ2n) is 5.23. The molecular formula is C13H18N6OS2. The predicted octanol–water partition coefficient (Wildman–Crippen LogP) is 1.49. The highest BCUT2D eigenvalue weighted by molar-refractivity contribution is 8.01. The van der Waals surface area contributed by atoms with Gasteiger partial charge in [0.2, 0.25) is 11.0 Å². The van der Waals surface area contributed by atoms with Gasteiger partial charge in [-0.25, -0.2) is 0 Å². The second kappa shape index (κ2) is 6.25. The molecule has 2 aromatic heterocycles. The number of anilines is 2. The minimum atomic E-state index is 0.0233. The standard InChI is InChI=1S/C13H18N6OS2/c1-18(10(20)7-21-13-16-15-12(14)22-13)11-8-5-3-4-6-9(8)17-19(11)2/h3-7H2,1-2H3,(H2,14,15). The molecule has 0 spiro atoms. The van der Waals surface area contributed by atoms with Gasteiger partial charge in [0.15, 0.2) is 4.34 Å². The van der Waals surface area contributed by atoms with Gasteiger partial charge < -0.3 is 5.73 Å². The van der Waals surface area contributed by atoms with Crippen LogP contribution in [-0.4, -0.2) is 38.7 Å². The lowest BCUT2D eigenvalue weighted by Crippen LogP contribution is -2.30. The zero-order chi connectivity index (χ0) is 15.7. The molecule has 1 aliphatic rings. The van der Waals surface area contributed by atoms with Crippen LogP contribution in [0.5, 0.6) is 0 Å². The Morgan fingerprint density at radius 1 is 1.41 bits per heavy atom. The Morgan fingerprint density at radius 2 is 2.18 bits per heavy atom. The molecule has 0 aliphatic heterocycles. The third-order valence-electron chi connectivity index (χ3n) is 3.72. The van der Waals surface area contributed by atoms with Crippen molar-refractivity contribution in [2.75, 3.05) is 23.4 Å². The molecule has 3 rings (SSSR count). The minimum Gasteiger partial charge on any atom is -0.374 e. The summed E-state index contributed by atoms with van der Waals surface area (Å²) in [6.45, 7) is 0. The third kappa shape index (κ3) is 2.95. The fourth-order valence-corrected chi connectivity index (χ4v) is 4.25. The Kier molecular flexibility index (Phi) is 4.34. The highest BCUT2D eigenvalue weighted by atomic mass is 32.2. The summed E-state index contributed by atoms with van der Waals surface area (Å²) >= 11 is 2.66. The molecule has 0 saturated carbocycles. The maximum atomic E-state index is 12.4. The van der Waals surface area contributed by atoms with Crippen molar-refractivity contribution < 1.29 is 4.79 Å². The lowest BCUT2D eigenvalue weighted by atomic mass is 9.97. The van der Waals surface area contributed by atoms with E-state index in [0.29, 0.717) is 15.2 Å². The molecule has 2 aromatic rings. The summed E-state index contributed by atoms with van der Waals surface area (Å²) in [6, 6.07) is 0. The SMILES string of the molecule is CN(C(=O)CSc1nnc(N)s1)c1c2c(nn1C)CCCC2. The van der Waals surface area contributed by atoms with Crippen LogP contribution in [0, 0.1) is 0 Å². The first-order valence-corrected chi connectivity index (χ1v) is 8.89. The summed E-state index contributed by atoms with van der Waals surface area (Å²) in [5.41, 5.74) is 7.89. The van der Waals surface area contributed by atoms with Crippen molar-refractivity contribution in [1.82, 2.24) is 20.0 Å². The maximum absolute atomic E-state index is 12.4. The van der Waals surface area contributed by atoms with Crippen LogP contribution < -0.4 is 10.6 Å². The average molecular weight is 338 g/mol. The van der Waals surface area contributed by atoms with Gasteiger partial charge in [-0.15, -0.1) is 10.2 Å². The number of hydrogen-bond donors (Lipinski definition) is 1. The van der Waals surface area contributed by atoms with Crippen LogP contribution in [0.4, 0.5) is 10.9 Å². The highest BCUT2D eigenvalue weighted by Crippen LogP contribution is 2.30. The van der Waals surface area contributed by atoms with Crippen LogP contribution >= 0.6 is 23.1 Å². The Hall–Kier alpha value is -1.61. The Morgan fingerprint density at radius 3 is 2.91 bits per heavy atom. The molecular weight excluding hydrogens is 320 g/mol. The Bertz CT molecular complexity index is 695. The summed E-state index contributed by atoms with van der Waals surface area (Å²) in [6.07, 6.45) is 4.34. The van der Waals surface area contributed by atoms with Gasteiger partial charge in [-0.2, -0.15) is 5.10 Å². The number of nitrogens with two attached hydrogens (primary N) is 1. The molecule has 9 heteroatoms. The minimum absolute atomic E-state index is 0.0233. The van der Waals surface area contributed by atoms with Crippen molar-refractivity contribution >= 4 is 40.0 Å². The molecule has 0 fully saturated rings. The van der Waals surface area contributed by atoms with Crippen LogP contribution in [0.15, 0.2) is 4.34 Å². The first-order chi connectivity index (χ1) is 10.6. The Balaban J connectivity index is 1.71. The fraction of sp³-hybridized carbons (Fsp3) is 0.538. The van der Waals surface area contributed by atoms with Crippen molar-refractivity contribution in [3.8, 4) is 0 Å². The number of nitrogen functional groups attached to an aromatic ring is 1. The second-order valence-corrected chi connectivity index (χ2v) is 7.46. The van der Waals surface area contributed by atoms with Crippen molar-refractivity contribution in [2.24, 2.45) is 7.05 Å². The number of rotatable bonds is 4. The van der Waals surface area contributed by atoms with Crippen molar-refractivity contribution in [1.29, 1.82) is 0 Å². The van der Waals surface area contributed by atoms with E-state index in [1.54, 1.807) is 4.90 Å². The number of fused-ring (bicyclic) bond motifs is 1. The first kappa shape index (κ1) is 15.3. The van der Waals surface area contributed by atoms with E-state index >= 15 is 0 Å². The van der Waals surface area contributed by atoms with Gasteiger partial charge >= 0.3 is 0 Å². The van der Waals surface area contributed by atoms with Gasteiger partial charge in [0.25, 0.3) is 0 Å². The van der Waals surface area contributed by atoms with E-state index in [-0.39, 0.29) is 5.91 Å². The number of thioether (sulfide) groups is 1. The van der Waals surface area contributed by atoms with Gasteiger partial charge in [0.1, 0.15) is 5.82 Å². The van der Waals surface area contributed by atoms with Crippen LogP contribution in [0.25, 0.3) is 0 Å². The molecule has 2 heterocycles. The van der Waals surface area contributed by atoms with Crippen molar-refractivity contribution in [3.05, 3.63) is 11.3 Å². The lowest BCUT2D eigenvalue weighted by molar-refractivity contribution is -0.115. The average Bonchev–Trinajstić information content (AvgIpc) is 3.06. The zero-order valence-corrected chi connectivity index (χ0v) is 14.2. The number of carbonyl (C=O) groups is 1. The number of aromatic nitrogens is 4. The highest BCUT2D eigenvalue weighted by Gasteiger charge is 2.24. The summed E-state index contributed by atoms with van der Waals surface area (Å²) in [4.78, 5) is 14.2. The molecule has 118 valence electrons. The van der Waals surface area contributed by atoms with E-state index in [1.807, 2.05) is 18.8 Å². The van der Waals surface area contributed by atoms with Gasteiger partial charge in [-0.1, -0.05) is 23.1 Å². The quantitative estimate of drug-likeness (QED) is 0.850. The predicted molar refractivity (Wildman–Crippen MR) is 88.3 cm³/mol. The monoisotopic (exact) mass is 338 g/mol. The van der Waals surface area contributed by atoms with E-state index in [1.165, 1.54) is 35.1 Å². The smallest absolute Gasteiger partial charge is 0.238 e. The number of aryl methyl sites for hydroxylation is 2. The summed E-state index contributed by atoms with van der Waals surface area (Å²) in [7, 11) is 3.71. The van der Waals surface area contributed by atoms with Crippen LogP contribution in [0.2, 0.25) is 0 Å². The molecule has 1 aliphatic carbocycles. The van der Waals surface area contributed by atoms with Crippen molar-refractivity contribution in [3.63, 3.8) is 0 Å². The molecule has 2 N–H and O–H groups in total. The first-order valence-electron chi connectivity index (χ1n) is 7.09. The number of hydrogen-bond acceptors (Lipinski definition) is 7. The third-order valence-corrected chi connectivity index (χ3v) is 5.59. The molecule has 7 nitrogen and oxygen atoms in total. The van der Waals surface area contributed by atoms with Gasteiger partial charge in [-0.3, -0.25) is 14.4 Å². The largest absolute Gasteiger partial charge is 0.374 e.